The van der Waals surface area contributed by atoms with Crippen molar-refractivity contribution >= 4 is 40.2 Å². The summed E-state index contributed by atoms with van der Waals surface area (Å²) in [4.78, 5) is 24.6. The molecule has 0 heterocycles. The molecule has 0 aliphatic heterocycles. The molecular formula is C13H17IN2O3. The van der Waals surface area contributed by atoms with Crippen molar-refractivity contribution < 1.29 is 14.3 Å². The van der Waals surface area contributed by atoms with Crippen molar-refractivity contribution in [2.24, 2.45) is 0 Å². The second kappa shape index (κ2) is 8.11. The van der Waals surface area contributed by atoms with Crippen molar-refractivity contribution in [1.29, 1.82) is 0 Å². The second-order valence-electron chi connectivity index (χ2n) is 4.09. The van der Waals surface area contributed by atoms with Crippen LogP contribution in [0.25, 0.3) is 0 Å². The first kappa shape index (κ1) is 15.9. The molecule has 0 radical (unpaired) electrons. The number of rotatable bonds is 6. The predicted molar refractivity (Wildman–Crippen MR) is 81.9 cm³/mol. The average Bonchev–Trinajstić information content (AvgIpc) is 2.38. The summed E-state index contributed by atoms with van der Waals surface area (Å²) in [5.74, 6) is -0.374. The lowest BCUT2D eigenvalue weighted by atomic mass is 10.3. The van der Waals surface area contributed by atoms with Crippen LogP contribution in [0.4, 0.5) is 5.69 Å². The first-order chi connectivity index (χ1) is 9.02. The van der Waals surface area contributed by atoms with Crippen LogP contribution in [0.1, 0.15) is 6.42 Å². The molecular weight excluding hydrogens is 359 g/mol. The summed E-state index contributed by atoms with van der Waals surface area (Å²) < 4.78 is 5.54. The van der Waals surface area contributed by atoms with Crippen LogP contribution in [-0.4, -0.2) is 44.0 Å². The van der Waals surface area contributed by atoms with E-state index in [9.17, 15) is 9.59 Å². The minimum atomic E-state index is -0.273. The van der Waals surface area contributed by atoms with Gasteiger partial charge in [0.15, 0.2) is 0 Å². The third-order valence-electron chi connectivity index (χ3n) is 2.49. The minimum absolute atomic E-state index is 0.100. The number of ether oxygens (including phenoxy) is 1. The SMILES string of the molecule is COC(=O)CCN(C)CC(=O)Nc1ccccc1I. The van der Waals surface area contributed by atoms with Gasteiger partial charge in [-0.25, -0.2) is 0 Å². The fourth-order valence-electron chi connectivity index (χ4n) is 1.46. The van der Waals surface area contributed by atoms with Gasteiger partial charge in [0.2, 0.25) is 5.91 Å². The van der Waals surface area contributed by atoms with Gasteiger partial charge in [0.25, 0.3) is 0 Å². The Kier molecular flexibility index (Phi) is 6.79. The lowest BCUT2D eigenvalue weighted by molar-refractivity contribution is -0.141. The standard InChI is InChI=1S/C13H17IN2O3/c1-16(8-7-13(18)19-2)9-12(17)15-11-6-4-3-5-10(11)14/h3-6H,7-9H2,1-2H3,(H,15,17). The number of amides is 1. The predicted octanol–water partition coefficient (Wildman–Crippen LogP) is 1.72. The van der Waals surface area contributed by atoms with E-state index in [-0.39, 0.29) is 24.8 Å². The zero-order chi connectivity index (χ0) is 14.3. The molecule has 0 aromatic heterocycles. The second-order valence-corrected chi connectivity index (χ2v) is 5.25. The number of halogens is 1. The molecule has 0 atom stereocenters. The summed E-state index contributed by atoms with van der Waals surface area (Å²) >= 11 is 2.17. The zero-order valence-corrected chi connectivity index (χ0v) is 13.1. The van der Waals surface area contributed by atoms with Crippen molar-refractivity contribution in [3.05, 3.63) is 27.8 Å². The molecule has 0 spiro atoms. The van der Waals surface area contributed by atoms with Gasteiger partial charge in [-0.05, 0) is 41.8 Å². The Hall–Kier alpha value is -1.15. The highest BCUT2D eigenvalue weighted by molar-refractivity contribution is 14.1. The van der Waals surface area contributed by atoms with E-state index in [0.29, 0.717) is 6.54 Å². The summed E-state index contributed by atoms with van der Waals surface area (Å²) in [5.41, 5.74) is 0.800. The maximum atomic E-state index is 11.8. The third-order valence-corrected chi connectivity index (χ3v) is 3.43. The molecule has 1 amide bonds. The maximum Gasteiger partial charge on any atom is 0.306 e. The van der Waals surface area contributed by atoms with Crippen molar-refractivity contribution in [3.63, 3.8) is 0 Å². The van der Waals surface area contributed by atoms with Crippen molar-refractivity contribution in [2.45, 2.75) is 6.42 Å². The van der Waals surface area contributed by atoms with Crippen LogP contribution >= 0.6 is 22.6 Å². The first-order valence-electron chi connectivity index (χ1n) is 5.82. The molecule has 0 fully saturated rings. The lowest BCUT2D eigenvalue weighted by Crippen LogP contribution is -2.32. The number of carbonyl (C=O) groups excluding carboxylic acids is 2. The summed E-state index contributed by atoms with van der Waals surface area (Å²) in [6.07, 6.45) is 0.281. The Bertz CT molecular complexity index is 451. The Labute approximate surface area is 126 Å². The van der Waals surface area contributed by atoms with Crippen LogP contribution in [0.3, 0.4) is 0 Å². The van der Waals surface area contributed by atoms with Crippen LogP contribution < -0.4 is 5.32 Å². The number of esters is 1. The normalized spacial score (nSPS) is 10.3. The monoisotopic (exact) mass is 376 g/mol. The zero-order valence-electron chi connectivity index (χ0n) is 11.0. The van der Waals surface area contributed by atoms with Crippen LogP contribution in [0.15, 0.2) is 24.3 Å². The van der Waals surface area contributed by atoms with Crippen molar-refractivity contribution in [3.8, 4) is 0 Å². The maximum absolute atomic E-state index is 11.8. The van der Waals surface area contributed by atoms with Crippen LogP contribution in [-0.2, 0) is 14.3 Å². The molecule has 0 bridgehead atoms. The largest absolute Gasteiger partial charge is 0.469 e. The fraction of sp³-hybridized carbons (Fsp3) is 0.385. The van der Waals surface area contributed by atoms with E-state index in [1.165, 1.54) is 7.11 Å². The molecule has 0 aliphatic rings. The summed E-state index contributed by atoms with van der Waals surface area (Å²) in [6.45, 7) is 0.730. The van der Waals surface area contributed by atoms with Gasteiger partial charge in [0.05, 0.1) is 25.8 Å². The fourth-order valence-corrected chi connectivity index (χ4v) is 1.98. The number of carbonyl (C=O) groups is 2. The van der Waals surface area contributed by atoms with Gasteiger partial charge in [-0.1, -0.05) is 12.1 Å². The summed E-state index contributed by atoms with van der Waals surface area (Å²) in [6, 6.07) is 7.57. The number of nitrogens with zero attached hydrogens (tertiary/aromatic N) is 1. The highest BCUT2D eigenvalue weighted by Gasteiger charge is 2.10. The number of anilines is 1. The van der Waals surface area contributed by atoms with E-state index in [1.807, 2.05) is 24.3 Å². The van der Waals surface area contributed by atoms with Gasteiger partial charge in [-0.2, -0.15) is 0 Å². The number of benzene rings is 1. The molecule has 19 heavy (non-hydrogen) atoms. The topological polar surface area (TPSA) is 58.6 Å². The van der Waals surface area contributed by atoms with E-state index < -0.39 is 0 Å². The molecule has 5 nitrogen and oxygen atoms in total. The van der Waals surface area contributed by atoms with Crippen LogP contribution in [0.5, 0.6) is 0 Å². The molecule has 1 aromatic carbocycles. The molecule has 0 saturated carbocycles. The number of methoxy groups -OCH3 is 1. The van der Waals surface area contributed by atoms with Gasteiger partial charge in [0, 0.05) is 10.1 Å². The smallest absolute Gasteiger partial charge is 0.306 e. The van der Waals surface area contributed by atoms with Crippen LogP contribution in [0, 0.1) is 3.57 Å². The first-order valence-corrected chi connectivity index (χ1v) is 6.90. The quantitative estimate of drug-likeness (QED) is 0.607. The highest BCUT2D eigenvalue weighted by atomic mass is 127. The third kappa shape index (κ3) is 6.02. The van der Waals surface area contributed by atoms with E-state index in [0.717, 1.165) is 9.26 Å². The highest BCUT2D eigenvalue weighted by Crippen LogP contribution is 2.16. The molecule has 1 rings (SSSR count). The van der Waals surface area contributed by atoms with Gasteiger partial charge >= 0.3 is 5.97 Å². The average molecular weight is 376 g/mol. The van der Waals surface area contributed by atoms with E-state index in [2.05, 4.69) is 32.6 Å². The molecule has 104 valence electrons. The molecule has 0 unspecified atom stereocenters. The van der Waals surface area contributed by atoms with E-state index in [1.54, 1.807) is 11.9 Å². The Morgan fingerprint density at radius 2 is 2.05 bits per heavy atom. The summed E-state index contributed by atoms with van der Waals surface area (Å²) in [5, 5.41) is 2.84. The van der Waals surface area contributed by atoms with E-state index >= 15 is 0 Å². The number of nitrogens with one attached hydrogen (secondary N) is 1. The molecule has 0 saturated heterocycles. The van der Waals surface area contributed by atoms with E-state index in [4.69, 9.17) is 0 Å². The number of hydrogen-bond acceptors (Lipinski definition) is 4. The molecule has 6 heteroatoms. The Morgan fingerprint density at radius 1 is 1.37 bits per heavy atom. The lowest BCUT2D eigenvalue weighted by Gasteiger charge is -2.15. The molecule has 1 N–H and O–H groups in total. The number of likely N-dealkylation sites (N-methyl/N-ethyl adjacent to an activating group) is 1. The minimum Gasteiger partial charge on any atom is -0.469 e. The summed E-state index contributed by atoms with van der Waals surface area (Å²) in [7, 11) is 3.14. The Balaban J connectivity index is 2.39. The van der Waals surface area contributed by atoms with Gasteiger partial charge in [-0.15, -0.1) is 0 Å². The van der Waals surface area contributed by atoms with Gasteiger partial charge < -0.3 is 10.1 Å². The van der Waals surface area contributed by atoms with Gasteiger partial charge in [-0.3, -0.25) is 14.5 Å². The number of hydrogen-bond donors (Lipinski definition) is 1. The Morgan fingerprint density at radius 3 is 2.68 bits per heavy atom. The van der Waals surface area contributed by atoms with Gasteiger partial charge in [0.1, 0.15) is 0 Å². The molecule has 1 aromatic rings. The number of para-hydroxylation sites is 1. The van der Waals surface area contributed by atoms with Crippen LogP contribution in [0.2, 0.25) is 0 Å². The molecule has 0 aliphatic carbocycles. The van der Waals surface area contributed by atoms with Crippen molar-refractivity contribution in [2.75, 3.05) is 32.6 Å². The van der Waals surface area contributed by atoms with Crippen molar-refractivity contribution in [1.82, 2.24) is 4.90 Å².